The van der Waals surface area contributed by atoms with E-state index in [1.54, 1.807) is 7.11 Å². The predicted molar refractivity (Wildman–Crippen MR) is 109 cm³/mol. The van der Waals surface area contributed by atoms with Gasteiger partial charge >= 0.3 is 11.9 Å². The third-order valence-electron chi connectivity index (χ3n) is 5.88. The number of carbonyl (C=O) groups is 2. The minimum absolute atomic E-state index is 0.166. The van der Waals surface area contributed by atoms with Gasteiger partial charge in [-0.15, -0.1) is 0 Å². The first-order valence-corrected chi connectivity index (χ1v) is 9.39. The molecule has 0 heterocycles. The van der Waals surface area contributed by atoms with Crippen LogP contribution in [0.15, 0.2) is 60.7 Å². The van der Waals surface area contributed by atoms with Gasteiger partial charge in [0, 0.05) is 5.92 Å². The van der Waals surface area contributed by atoms with Crippen LogP contribution in [-0.2, 0) is 24.5 Å². The van der Waals surface area contributed by atoms with Crippen LogP contribution in [0.25, 0.3) is 10.8 Å². The topological polar surface area (TPSA) is 61.8 Å². The minimum Gasteiger partial charge on any atom is -0.497 e. The molecule has 1 atom stereocenters. The Morgan fingerprint density at radius 2 is 1.52 bits per heavy atom. The van der Waals surface area contributed by atoms with E-state index >= 15 is 0 Å². The maximum atomic E-state index is 13.0. The van der Waals surface area contributed by atoms with E-state index in [1.807, 2.05) is 60.7 Å². The van der Waals surface area contributed by atoms with Gasteiger partial charge in [0.05, 0.1) is 21.3 Å². The fourth-order valence-corrected chi connectivity index (χ4v) is 4.50. The molecule has 0 bridgehead atoms. The molecule has 3 aromatic rings. The molecule has 29 heavy (non-hydrogen) atoms. The second-order valence-corrected chi connectivity index (χ2v) is 7.17. The van der Waals surface area contributed by atoms with Gasteiger partial charge in [-0.05, 0) is 46.0 Å². The second kappa shape index (κ2) is 7.24. The lowest BCUT2D eigenvalue weighted by Crippen LogP contribution is -2.43. The maximum absolute atomic E-state index is 13.0. The van der Waals surface area contributed by atoms with Crippen molar-refractivity contribution in [3.05, 3.63) is 77.4 Å². The van der Waals surface area contributed by atoms with Crippen molar-refractivity contribution in [2.45, 2.75) is 17.8 Å². The summed E-state index contributed by atoms with van der Waals surface area (Å²) in [5.74, 6) is -0.619. The summed E-state index contributed by atoms with van der Waals surface area (Å²) in [6, 6.07) is 19.5. The SMILES string of the molecule is COC(=O)C1(C(=O)OC)CC(c2ccc(OC)cc2)c2c1ccc1ccccc21. The zero-order valence-electron chi connectivity index (χ0n) is 16.6. The van der Waals surface area contributed by atoms with Crippen molar-refractivity contribution in [3.63, 3.8) is 0 Å². The fraction of sp³-hybridized carbons (Fsp3) is 0.250. The van der Waals surface area contributed by atoms with Crippen molar-refractivity contribution >= 4 is 22.7 Å². The molecular weight excluding hydrogens is 368 g/mol. The molecule has 1 unspecified atom stereocenters. The molecule has 0 saturated heterocycles. The van der Waals surface area contributed by atoms with Gasteiger partial charge in [-0.2, -0.15) is 0 Å². The highest BCUT2D eigenvalue weighted by Crippen LogP contribution is 2.52. The molecule has 0 amide bonds. The number of benzene rings is 3. The monoisotopic (exact) mass is 390 g/mol. The molecule has 0 N–H and O–H groups in total. The molecular formula is C24H22O5. The molecule has 5 nitrogen and oxygen atoms in total. The highest BCUT2D eigenvalue weighted by molar-refractivity contribution is 6.09. The van der Waals surface area contributed by atoms with Crippen molar-refractivity contribution in [1.82, 2.24) is 0 Å². The average molecular weight is 390 g/mol. The van der Waals surface area contributed by atoms with Crippen LogP contribution >= 0.6 is 0 Å². The van der Waals surface area contributed by atoms with Crippen LogP contribution < -0.4 is 4.74 Å². The highest BCUT2D eigenvalue weighted by Gasteiger charge is 2.57. The van der Waals surface area contributed by atoms with E-state index in [0.29, 0.717) is 5.56 Å². The van der Waals surface area contributed by atoms with Crippen LogP contribution in [0.2, 0.25) is 0 Å². The Kier molecular flexibility index (Phi) is 4.74. The maximum Gasteiger partial charge on any atom is 0.327 e. The predicted octanol–water partition coefficient (Wildman–Crippen LogP) is 3.97. The third kappa shape index (κ3) is 2.77. The fourth-order valence-electron chi connectivity index (χ4n) is 4.50. The van der Waals surface area contributed by atoms with Crippen LogP contribution in [0.3, 0.4) is 0 Å². The molecule has 3 aromatic carbocycles. The van der Waals surface area contributed by atoms with Crippen molar-refractivity contribution in [2.75, 3.05) is 21.3 Å². The summed E-state index contributed by atoms with van der Waals surface area (Å²) in [7, 11) is 4.22. The van der Waals surface area contributed by atoms with Gasteiger partial charge < -0.3 is 14.2 Å². The van der Waals surface area contributed by atoms with Crippen LogP contribution in [0.4, 0.5) is 0 Å². The number of esters is 2. The molecule has 1 aliphatic carbocycles. The van der Waals surface area contributed by atoms with E-state index in [9.17, 15) is 9.59 Å². The van der Waals surface area contributed by atoms with Crippen molar-refractivity contribution in [1.29, 1.82) is 0 Å². The largest absolute Gasteiger partial charge is 0.497 e. The molecule has 5 heteroatoms. The lowest BCUT2D eigenvalue weighted by atomic mass is 9.80. The Balaban J connectivity index is 2.01. The van der Waals surface area contributed by atoms with E-state index in [0.717, 1.165) is 27.6 Å². The first-order valence-electron chi connectivity index (χ1n) is 9.39. The Bertz CT molecular complexity index is 1070. The van der Waals surface area contributed by atoms with Gasteiger partial charge in [-0.25, -0.2) is 0 Å². The number of rotatable bonds is 4. The van der Waals surface area contributed by atoms with Gasteiger partial charge in [-0.1, -0.05) is 48.5 Å². The molecule has 0 spiro atoms. The quantitative estimate of drug-likeness (QED) is 0.498. The Morgan fingerprint density at radius 1 is 0.862 bits per heavy atom. The van der Waals surface area contributed by atoms with Crippen LogP contribution in [0.5, 0.6) is 5.75 Å². The van der Waals surface area contributed by atoms with Crippen LogP contribution in [0, 0.1) is 0 Å². The van der Waals surface area contributed by atoms with E-state index < -0.39 is 17.4 Å². The molecule has 0 radical (unpaired) electrons. The third-order valence-corrected chi connectivity index (χ3v) is 5.88. The highest BCUT2D eigenvalue weighted by atomic mass is 16.5. The summed E-state index contributed by atoms with van der Waals surface area (Å²) in [5.41, 5.74) is 1.12. The summed E-state index contributed by atoms with van der Waals surface area (Å²) in [6.45, 7) is 0. The number of carbonyl (C=O) groups excluding carboxylic acids is 2. The normalized spacial score (nSPS) is 16.9. The minimum atomic E-state index is -1.49. The van der Waals surface area contributed by atoms with Gasteiger partial charge in [0.1, 0.15) is 5.75 Å². The van der Waals surface area contributed by atoms with E-state index in [1.165, 1.54) is 14.2 Å². The lowest BCUT2D eigenvalue weighted by molar-refractivity contribution is -0.162. The summed E-state index contributed by atoms with van der Waals surface area (Å²) >= 11 is 0. The molecule has 0 fully saturated rings. The van der Waals surface area contributed by atoms with E-state index in [2.05, 4.69) is 0 Å². The van der Waals surface area contributed by atoms with Gasteiger partial charge in [0.2, 0.25) is 0 Å². The Labute approximate surface area is 169 Å². The van der Waals surface area contributed by atoms with Crippen LogP contribution in [0.1, 0.15) is 29.0 Å². The Hall–Kier alpha value is -3.34. The number of hydrogen-bond donors (Lipinski definition) is 0. The van der Waals surface area contributed by atoms with E-state index in [-0.39, 0.29) is 12.3 Å². The zero-order valence-corrected chi connectivity index (χ0v) is 16.6. The summed E-state index contributed by atoms with van der Waals surface area (Å²) in [6.07, 6.45) is 0.252. The van der Waals surface area contributed by atoms with Crippen molar-refractivity contribution in [3.8, 4) is 5.75 Å². The van der Waals surface area contributed by atoms with Crippen molar-refractivity contribution in [2.24, 2.45) is 0 Å². The summed E-state index contributed by atoms with van der Waals surface area (Å²) in [5, 5.41) is 2.07. The van der Waals surface area contributed by atoms with Gasteiger partial charge in [-0.3, -0.25) is 9.59 Å². The first kappa shape index (κ1) is 19.0. The number of methoxy groups -OCH3 is 3. The first-order chi connectivity index (χ1) is 14.1. The second-order valence-electron chi connectivity index (χ2n) is 7.17. The smallest absolute Gasteiger partial charge is 0.327 e. The average Bonchev–Trinajstić information content (AvgIpc) is 3.15. The zero-order chi connectivity index (χ0) is 20.6. The lowest BCUT2D eigenvalue weighted by Gasteiger charge is -2.24. The number of hydrogen-bond acceptors (Lipinski definition) is 5. The molecule has 1 aliphatic rings. The molecule has 4 rings (SSSR count). The molecule has 0 saturated carbocycles. The molecule has 148 valence electrons. The van der Waals surface area contributed by atoms with Crippen LogP contribution in [-0.4, -0.2) is 33.3 Å². The summed E-state index contributed by atoms with van der Waals surface area (Å²) in [4.78, 5) is 25.9. The molecule has 0 aromatic heterocycles. The molecule has 0 aliphatic heterocycles. The number of ether oxygens (including phenoxy) is 3. The van der Waals surface area contributed by atoms with Gasteiger partial charge in [0.25, 0.3) is 0 Å². The van der Waals surface area contributed by atoms with Crippen molar-refractivity contribution < 1.29 is 23.8 Å². The van der Waals surface area contributed by atoms with E-state index in [4.69, 9.17) is 14.2 Å². The Morgan fingerprint density at radius 3 is 2.14 bits per heavy atom. The number of fused-ring (bicyclic) bond motifs is 3. The van der Waals surface area contributed by atoms with Gasteiger partial charge in [0.15, 0.2) is 5.41 Å². The summed E-state index contributed by atoms with van der Waals surface area (Å²) < 4.78 is 15.5. The standard InChI is InChI=1S/C24H22O5/c1-27-17-11-8-16(9-12-17)19-14-24(22(25)28-2,23(26)29-3)20-13-10-15-6-4-5-7-18(15)21(19)20/h4-13,19H,14H2,1-3H3.